The van der Waals surface area contributed by atoms with Crippen LogP contribution < -0.4 is 5.32 Å². The van der Waals surface area contributed by atoms with Crippen molar-refractivity contribution >= 4 is 6.03 Å². The van der Waals surface area contributed by atoms with Crippen LogP contribution in [0.25, 0.3) is 0 Å². The first kappa shape index (κ1) is 9.38. The number of aromatic amines is 1. The highest BCUT2D eigenvalue weighted by atomic mass is 16.2. The van der Waals surface area contributed by atoms with Crippen LogP contribution in [0.15, 0.2) is 25.0 Å². The Morgan fingerprint density at radius 2 is 2.53 bits per heavy atom. The summed E-state index contributed by atoms with van der Waals surface area (Å²) < 4.78 is 1.38. The minimum atomic E-state index is -0.202. The average molecular weight is 206 g/mol. The van der Waals surface area contributed by atoms with E-state index in [0.29, 0.717) is 13.0 Å². The van der Waals surface area contributed by atoms with Gasteiger partial charge in [-0.25, -0.2) is 14.8 Å². The molecule has 2 heterocycles. The highest BCUT2D eigenvalue weighted by Gasteiger charge is 2.02. The van der Waals surface area contributed by atoms with Crippen LogP contribution in [0.1, 0.15) is 5.82 Å². The van der Waals surface area contributed by atoms with Crippen molar-refractivity contribution in [3.05, 3.63) is 30.9 Å². The van der Waals surface area contributed by atoms with Crippen LogP contribution >= 0.6 is 0 Å². The second-order valence-corrected chi connectivity index (χ2v) is 2.88. The van der Waals surface area contributed by atoms with Gasteiger partial charge in [-0.15, -0.1) is 0 Å². The molecule has 78 valence electrons. The lowest BCUT2D eigenvalue weighted by Gasteiger charge is -2.02. The lowest BCUT2D eigenvalue weighted by Crippen LogP contribution is -2.29. The number of hydrogen-bond acceptors (Lipinski definition) is 4. The van der Waals surface area contributed by atoms with E-state index in [0.717, 1.165) is 5.82 Å². The number of aromatic nitrogens is 5. The van der Waals surface area contributed by atoms with Gasteiger partial charge in [0.15, 0.2) is 0 Å². The summed E-state index contributed by atoms with van der Waals surface area (Å²) in [5.41, 5.74) is 0. The van der Waals surface area contributed by atoms with E-state index in [1.54, 1.807) is 12.4 Å². The molecule has 0 fully saturated rings. The Morgan fingerprint density at radius 1 is 1.60 bits per heavy atom. The number of amides is 1. The van der Waals surface area contributed by atoms with Gasteiger partial charge in [0.2, 0.25) is 0 Å². The number of imidazole rings is 1. The molecule has 2 rings (SSSR count). The summed E-state index contributed by atoms with van der Waals surface area (Å²) in [4.78, 5) is 19.1. The summed E-state index contributed by atoms with van der Waals surface area (Å²) in [5, 5.41) is 9.14. The second kappa shape index (κ2) is 4.36. The Labute approximate surface area is 85.6 Å². The van der Waals surface area contributed by atoms with Crippen LogP contribution in [0.4, 0.5) is 4.79 Å². The largest absolute Gasteiger partial charge is 0.337 e. The lowest BCUT2D eigenvalue weighted by atomic mass is 10.4. The zero-order chi connectivity index (χ0) is 10.5. The third-order valence-electron chi connectivity index (χ3n) is 1.84. The molecule has 0 atom stereocenters. The standard InChI is InChI=1S/C8H10N6O/c15-8(14-4-3-9-6-14)10-2-1-7-11-5-12-13-7/h3-6H,1-2H2,(H,10,15)(H,11,12,13). The van der Waals surface area contributed by atoms with Crippen molar-refractivity contribution in [2.45, 2.75) is 6.42 Å². The minimum Gasteiger partial charge on any atom is -0.337 e. The van der Waals surface area contributed by atoms with Gasteiger partial charge >= 0.3 is 6.03 Å². The monoisotopic (exact) mass is 206 g/mol. The lowest BCUT2D eigenvalue weighted by molar-refractivity contribution is 0.242. The Balaban J connectivity index is 1.77. The molecule has 2 aromatic heterocycles. The molecule has 0 unspecified atom stereocenters. The van der Waals surface area contributed by atoms with E-state index in [-0.39, 0.29) is 6.03 Å². The first-order chi connectivity index (χ1) is 7.36. The van der Waals surface area contributed by atoms with Crippen molar-refractivity contribution in [1.29, 1.82) is 0 Å². The third-order valence-corrected chi connectivity index (χ3v) is 1.84. The van der Waals surface area contributed by atoms with Crippen LogP contribution in [-0.4, -0.2) is 37.3 Å². The normalized spacial score (nSPS) is 10.1. The van der Waals surface area contributed by atoms with Gasteiger partial charge in [-0.2, -0.15) is 5.10 Å². The zero-order valence-electron chi connectivity index (χ0n) is 7.92. The molecule has 0 radical (unpaired) electrons. The van der Waals surface area contributed by atoms with Crippen molar-refractivity contribution in [2.24, 2.45) is 0 Å². The van der Waals surface area contributed by atoms with Crippen LogP contribution in [0.5, 0.6) is 0 Å². The van der Waals surface area contributed by atoms with Gasteiger partial charge in [0.05, 0.1) is 0 Å². The molecule has 0 aliphatic carbocycles. The van der Waals surface area contributed by atoms with Gasteiger partial charge in [-0.3, -0.25) is 9.67 Å². The van der Waals surface area contributed by atoms with Crippen LogP contribution in [-0.2, 0) is 6.42 Å². The summed E-state index contributed by atoms with van der Waals surface area (Å²) in [5.74, 6) is 0.751. The summed E-state index contributed by atoms with van der Waals surface area (Å²) in [6, 6.07) is -0.202. The maximum Gasteiger partial charge on any atom is 0.326 e. The predicted molar refractivity (Wildman–Crippen MR) is 51.1 cm³/mol. The van der Waals surface area contributed by atoms with Gasteiger partial charge in [-0.05, 0) is 0 Å². The summed E-state index contributed by atoms with van der Waals surface area (Å²) in [6.45, 7) is 0.506. The van der Waals surface area contributed by atoms with Gasteiger partial charge in [0.1, 0.15) is 18.5 Å². The zero-order valence-corrected chi connectivity index (χ0v) is 7.92. The van der Waals surface area contributed by atoms with Crippen molar-refractivity contribution in [1.82, 2.24) is 30.0 Å². The van der Waals surface area contributed by atoms with Crippen LogP contribution in [0.3, 0.4) is 0 Å². The fraction of sp³-hybridized carbons (Fsp3) is 0.250. The van der Waals surface area contributed by atoms with Crippen molar-refractivity contribution in [3.63, 3.8) is 0 Å². The van der Waals surface area contributed by atoms with E-state index in [1.807, 2.05) is 0 Å². The fourth-order valence-corrected chi connectivity index (χ4v) is 1.11. The van der Waals surface area contributed by atoms with Gasteiger partial charge in [0, 0.05) is 25.4 Å². The highest BCUT2D eigenvalue weighted by molar-refractivity contribution is 5.76. The maximum absolute atomic E-state index is 11.4. The Kier molecular flexibility index (Phi) is 2.72. The molecule has 0 aliphatic rings. The van der Waals surface area contributed by atoms with Crippen molar-refractivity contribution < 1.29 is 4.79 Å². The van der Waals surface area contributed by atoms with Gasteiger partial charge in [-0.1, -0.05) is 0 Å². The number of carbonyl (C=O) groups is 1. The third kappa shape index (κ3) is 2.39. The summed E-state index contributed by atoms with van der Waals surface area (Å²) in [6.07, 6.45) is 6.65. The average Bonchev–Trinajstić information content (AvgIpc) is 2.90. The van der Waals surface area contributed by atoms with E-state index in [4.69, 9.17) is 0 Å². The quantitative estimate of drug-likeness (QED) is 0.728. The molecular formula is C8H10N6O. The first-order valence-corrected chi connectivity index (χ1v) is 4.46. The van der Waals surface area contributed by atoms with Gasteiger partial charge < -0.3 is 5.32 Å². The molecule has 15 heavy (non-hydrogen) atoms. The van der Waals surface area contributed by atoms with Crippen LogP contribution in [0, 0.1) is 0 Å². The molecule has 0 aliphatic heterocycles. The van der Waals surface area contributed by atoms with Crippen molar-refractivity contribution in [3.8, 4) is 0 Å². The molecular weight excluding hydrogens is 196 g/mol. The van der Waals surface area contributed by atoms with E-state index < -0.39 is 0 Å². The Hall–Kier alpha value is -2.18. The maximum atomic E-state index is 11.4. The Morgan fingerprint density at radius 3 is 3.20 bits per heavy atom. The van der Waals surface area contributed by atoms with E-state index in [2.05, 4.69) is 25.5 Å². The number of hydrogen-bond donors (Lipinski definition) is 2. The van der Waals surface area contributed by atoms with Gasteiger partial charge in [0.25, 0.3) is 0 Å². The fourth-order valence-electron chi connectivity index (χ4n) is 1.11. The number of rotatable bonds is 3. The molecule has 0 spiro atoms. The first-order valence-electron chi connectivity index (χ1n) is 4.46. The van der Waals surface area contributed by atoms with E-state index in [1.165, 1.54) is 17.2 Å². The second-order valence-electron chi connectivity index (χ2n) is 2.88. The predicted octanol–water partition coefficient (Wildman–Crippen LogP) is -0.198. The summed E-state index contributed by atoms with van der Waals surface area (Å²) >= 11 is 0. The van der Waals surface area contributed by atoms with E-state index >= 15 is 0 Å². The number of carbonyl (C=O) groups excluding carboxylic acids is 1. The summed E-state index contributed by atoms with van der Waals surface area (Å²) in [7, 11) is 0. The molecule has 0 bridgehead atoms. The number of nitrogens with one attached hydrogen (secondary N) is 2. The highest BCUT2D eigenvalue weighted by Crippen LogP contribution is 1.87. The molecule has 0 saturated carbocycles. The minimum absolute atomic E-state index is 0.202. The van der Waals surface area contributed by atoms with E-state index in [9.17, 15) is 4.79 Å². The number of nitrogens with zero attached hydrogens (tertiary/aromatic N) is 4. The number of H-pyrrole nitrogens is 1. The van der Waals surface area contributed by atoms with Crippen LogP contribution in [0.2, 0.25) is 0 Å². The topological polar surface area (TPSA) is 88.5 Å². The smallest absolute Gasteiger partial charge is 0.326 e. The molecule has 7 nitrogen and oxygen atoms in total. The molecule has 2 N–H and O–H groups in total. The molecule has 1 amide bonds. The molecule has 7 heteroatoms. The Bertz CT molecular complexity index is 406. The molecule has 0 aromatic carbocycles. The van der Waals surface area contributed by atoms with Crippen molar-refractivity contribution in [2.75, 3.05) is 6.54 Å². The molecule has 0 saturated heterocycles. The SMILES string of the molecule is O=C(NCCc1ncn[nH]1)n1ccnc1. The molecule has 2 aromatic rings.